The molecule has 2 saturated heterocycles. The molecule has 0 radical (unpaired) electrons. The topological polar surface area (TPSA) is 78.8 Å². The molecule has 2 aliphatic heterocycles. The lowest BCUT2D eigenvalue weighted by Gasteiger charge is -2.29. The fraction of sp³-hybridized carbons (Fsp3) is 0.688. The molecule has 0 amide bonds. The zero-order valence-corrected chi connectivity index (χ0v) is 13.1. The highest BCUT2D eigenvalue weighted by Gasteiger charge is 2.55. The van der Waals surface area contributed by atoms with Crippen molar-refractivity contribution in [3.05, 3.63) is 12.4 Å². The number of hydrogen-bond donors (Lipinski definition) is 1. The van der Waals surface area contributed by atoms with Crippen LogP contribution in [-0.4, -0.2) is 60.4 Å². The van der Waals surface area contributed by atoms with E-state index in [0.29, 0.717) is 19.8 Å². The minimum atomic E-state index is -0.648. The molecule has 0 aromatic carbocycles. The average molecular weight is 318 g/mol. The summed E-state index contributed by atoms with van der Waals surface area (Å²) in [5, 5.41) is 9.72. The molecule has 7 heteroatoms. The van der Waals surface area contributed by atoms with E-state index in [1.54, 1.807) is 6.33 Å². The van der Waals surface area contributed by atoms with Gasteiger partial charge in [-0.15, -0.1) is 0 Å². The van der Waals surface area contributed by atoms with Crippen molar-refractivity contribution >= 4 is 17.6 Å². The third kappa shape index (κ3) is 2.43. The summed E-state index contributed by atoms with van der Waals surface area (Å²) < 4.78 is 5.38. The maximum absolute atomic E-state index is 11.8. The molecule has 2 atom stereocenters. The minimum absolute atomic E-state index is 0.238. The quantitative estimate of drug-likeness (QED) is 0.891. The Balaban J connectivity index is 1.56. The summed E-state index contributed by atoms with van der Waals surface area (Å²) in [5.74, 6) is 1.34. The zero-order chi connectivity index (χ0) is 15.9. The van der Waals surface area contributed by atoms with Gasteiger partial charge in [0.15, 0.2) is 0 Å². The number of anilines is 2. The number of nitrogens with zero attached hydrogens (tertiary/aromatic N) is 4. The first-order chi connectivity index (χ1) is 11.2. The van der Waals surface area contributed by atoms with Crippen molar-refractivity contribution in [3.8, 4) is 0 Å². The number of rotatable bonds is 3. The van der Waals surface area contributed by atoms with E-state index in [1.807, 2.05) is 6.07 Å². The Kier molecular flexibility index (Phi) is 3.60. The Morgan fingerprint density at radius 1 is 1.26 bits per heavy atom. The van der Waals surface area contributed by atoms with Crippen molar-refractivity contribution < 1.29 is 14.6 Å². The van der Waals surface area contributed by atoms with Crippen LogP contribution in [0.3, 0.4) is 0 Å². The van der Waals surface area contributed by atoms with E-state index >= 15 is 0 Å². The van der Waals surface area contributed by atoms with Crippen LogP contribution in [0, 0.1) is 11.3 Å². The minimum Gasteiger partial charge on any atom is -0.481 e. The van der Waals surface area contributed by atoms with Gasteiger partial charge in [-0.1, -0.05) is 6.42 Å². The Labute approximate surface area is 135 Å². The Morgan fingerprint density at radius 3 is 2.70 bits per heavy atom. The van der Waals surface area contributed by atoms with Crippen molar-refractivity contribution in [1.82, 2.24) is 9.97 Å². The highest BCUT2D eigenvalue weighted by Crippen LogP contribution is 2.49. The van der Waals surface area contributed by atoms with Crippen molar-refractivity contribution in [2.75, 3.05) is 49.2 Å². The number of ether oxygens (including phenoxy) is 1. The van der Waals surface area contributed by atoms with Crippen LogP contribution in [0.4, 0.5) is 11.6 Å². The first-order valence-electron chi connectivity index (χ1n) is 8.32. The number of carbonyl (C=O) groups is 1. The first kappa shape index (κ1) is 14.7. The van der Waals surface area contributed by atoms with Gasteiger partial charge in [0, 0.05) is 32.2 Å². The smallest absolute Gasteiger partial charge is 0.311 e. The fourth-order valence-electron chi connectivity index (χ4n) is 4.29. The van der Waals surface area contributed by atoms with Crippen molar-refractivity contribution in [3.63, 3.8) is 0 Å². The first-order valence-corrected chi connectivity index (χ1v) is 8.32. The molecule has 3 aliphatic rings. The van der Waals surface area contributed by atoms with Crippen LogP contribution < -0.4 is 9.80 Å². The lowest BCUT2D eigenvalue weighted by molar-refractivity contribution is -0.149. The highest BCUT2D eigenvalue weighted by atomic mass is 16.5. The van der Waals surface area contributed by atoms with Crippen LogP contribution in [-0.2, 0) is 9.53 Å². The van der Waals surface area contributed by atoms with Crippen molar-refractivity contribution in [2.24, 2.45) is 11.3 Å². The van der Waals surface area contributed by atoms with Crippen LogP contribution >= 0.6 is 0 Å². The van der Waals surface area contributed by atoms with Crippen LogP contribution in [0.25, 0.3) is 0 Å². The predicted molar refractivity (Wildman–Crippen MR) is 84.7 cm³/mol. The van der Waals surface area contributed by atoms with Gasteiger partial charge in [-0.3, -0.25) is 4.79 Å². The van der Waals surface area contributed by atoms with E-state index < -0.39 is 11.4 Å². The fourth-order valence-corrected chi connectivity index (χ4v) is 4.29. The molecule has 1 saturated carbocycles. The lowest BCUT2D eigenvalue weighted by atomic mass is 9.81. The maximum atomic E-state index is 11.8. The Bertz CT molecular complexity index is 605. The summed E-state index contributed by atoms with van der Waals surface area (Å²) in [6.07, 6.45) is 4.39. The van der Waals surface area contributed by atoms with Gasteiger partial charge in [-0.05, 0) is 18.8 Å². The van der Waals surface area contributed by atoms with Gasteiger partial charge in [0.05, 0.1) is 18.6 Å². The molecule has 1 aromatic rings. The van der Waals surface area contributed by atoms with E-state index in [9.17, 15) is 9.90 Å². The number of aromatic nitrogens is 2. The second-order valence-corrected chi connectivity index (χ2v) is 6.76. The Morgan fingerprint density at radius 2 is 2.00 bits per heavy atom. The molecule has 0 bridgehead atoms. The monoisotopic (exact) mass is 318 g/mol. The van der Waals surface area contributed by atoms with Gasteiger partial charge >= 0.3 is 5.97 Å². The zero-order valence-electron chi connectivity index (χ0n) is 13.1. The molecule has 4 rings (SSSR count). The van der Waals surface area contributed by atoms with Crippen LogP contribution in [0.15, 0.2) is 12.4 Å². The number of carboxylic acid groups (broad SMARTS) is 1. The molecule has 0 unspecified atom stereocenters. The summed E-state index contributed by atoms with van der Waals surface area (Å²) in [4.78, 5) is 24.9. The number of morpholine rings is 1. The van der Waals surface area contributed by atoms with E-state index in [1.165, 1.54) is 0 Å². The van der Waals surface area contributed by atoms with Crippen LogP contribution in [0.5, 0.6) is 0 Å². The molecule has 0 spiro atoms. The highest BCUT2D eigenvalue weighted by molar-refractivity contribution is 5.78. The number of hydrogen-bond acceptors (Lipinski definition) is 6. The summed E-state index contributed by atoms with van der Waals surface area (Å²) in [7, 11) is 0. The van der Waals surface area contributed by atoms with E-state index in [0.717, 1.165) is 50.5 Å². The molecule has 3 fully saturated rings. The third-order valence-electron chi connectivity index (χ3n) is 5.59. The SMILES string of the molecule is O=C(O)[C@@]12CCC[C@H]1CN(c1cc(N3CCOCC3)ncn1)C2. The van der Waals surface area contributed by atoms with Crippen molar-refractivity contribution in [2.45, 2.75) is 19.3 Å². The van der Waals surface area contributed by atoms with Gasteiger partial charge in [0.25, 0.3) is 0 Å². The largest absolute Gasteiger partial charge is 0.481 e. The number of carboxylic acids is 1. The Hall–Kier alpha value is -1.89. The van der Waals surface area contributed by atoms with Gasteiger partial charge in [-0.25, -0.2) is 9.97 Å². The van der Waals surface area contributed by atoms with Crippen molar-refractivity contribution in [1.29, 1.82) is 0 Å². The number of aliphatic carboxylic acids is 1. The van der Waals surface area contributed by atoms with Gasteiger partial charge in [0.1, 0.15) is 18.0 Å². The number of fused-ring (bicyclic) bond motifs is 1. The van der Waals surface area contributed by atoms with E-state index in [4.69, 9.17) is 4.74 Å². The summed E-state index contributed by atoms with van der Waals surface area (Å²) in [6.45, 7) is 4.44. The molecule has 1 aliphatic carbocycles. The molecule has 7 nitrogen and oxygen atoms in total. The lowest BCUT2D eigenvalue weighted by Crippen LogP contribution is -2.37. The maximum Gasteiger partial charge on any atom is 0.311 e. The molecule has 3 heterocycles. The standard InChI is InChI=1S/C16H22N4O3/c21-15(22)16-3-1-2-12(16)9-20(10-16)14-8-13(17-11-18-14)19-4-6-23-7-5-19/h8,11-12H,1-7,9-10H2,(H,21,22)/t12-,16+/m0/s1. The van der Waals surface area contributed by atoms with Gasteiger partial charge in [-0.2, -0.15) is 0 Å². The second-order valence-electron chi connectivity index (χ2n) is 6.76. The molecule has 1 N–H and O–H groups in total. The second kappa shape index (κ2) is 5.63. The van der Waals surface area contributed by atoms with Gasteiger partial charge in [0.2, 0.25) is 0 Å². The van der Waals surface area contributed by atoms with Crippen LogP contribution in [0.2, 0.25) is 0 Å². The van der Waals surface area contributed by atoms with Crippen LogP contribution in [0.1, 0.15) is 19.3 Å². The summed E-state index contributed by atoms with van der Waals surface area (Å²) in [6, 6.07) is 1.99. The predicted octanol–water partition coefficient (Wildman–Crippen LogP) is 1.00. The van der Waals surface area contributed by atoms with E-state index in [-0.39, 0.29) is 5.92 Å². The molecule has 23 heavy (non-hydrogen) atoms. The summed E-state index contributed by atoms with van der Waals surface area (Å²) >= 11 is 0. The summed E-state index contributed by atoms with van der Waals surface area (Å²) in [5.41, 5.74) is -0.579. The van der Waals surface area contributed by atoms with Gasteiger partial charge < -0.3 is 19.6 Å². The average Bonchev–Trinajstić information content (AvgIpc) is 3.14. The molecule has 1 aromatic heterocycles. The normalized spacial score (nSPS) is 30.5. The molecular weight excluding hydrogens is 296 g/mol. The third-order valence-corrected chi connectivity index (χ3v) is 5.59. The van der Waals surface area contributed by atoms with E-state index in [2.05, 4.69) is 19.8 Å². The molecule has 124 valence electrons. The molecular formula is C16H22N4O3.